The van der Waals surface area contributed by atoms with Crippen molar-refractivity contribution in [3.63, 3.8) is 0 Å². The zero-order valence-electron chi connectivity index (χ0n) is 13.9. The molecule has 0 aliphatic carbocycles. The lowest BCUT2D eigenvalue weighted by molar-refractivity contribution is -0.107. The quantitative estimate of drug-likeness (QED) is 0.538. The van der Waals surface area contributed by atoms with E-state index in [0.29, 0.717) is 12.3 Å². The Morgan fingerprint density at radius 3 is 2.54 bits per heavy atom. The highest BCUT2D eigenvalue weighted by Crippen LogP contribution is 2.35. The molecule has 0 aliphatic rings. The molecule has 0 spiro atoms. The van der Waals surface area contributed by atoms with Gasteiger partial charge in [0, 0.05) is 22.0 Å². The van der Waals surface area contributed by atoms with Crippen LogP contribution in [0.1, 0.15) is 25.1 Å². The van der Waals surface area contributed by atoms with Gasteiger partial charge in [0.25, 0.3) is 0 Å². The summed E-state index contributed by atoms with van der Waals surface area (Å²) in [7, 11) is 0. The number of rotatable bonds is 5. The number of aromatic nitrogens is 1. The number of carbonyl (C=O) groups is 1. The van der Waals surface area contributed by atoms with Crippen molar-refractivity contribution >= 4 is 33.1 Å². The van der Waals surface area contributed by atoms with Crippen molar-refractivity contribution in [1.29, 1.82) is 0 Å². The summed E-state index contributed by atoms with van der Waals surface area (Å²) in [5.74, 6) is 0.486. The molecule has 122 valence electrons. The normalized spacial score (nSPS) is 11.2. The third-order valence-electron chi connectivity index (χ3n) is 4.08. The van der Waals surface area contributed by atoms with Gasteiger partial charge in [0.15, 0.2) is 0 Å². The molecule has 0 bridgehead atoms. The van der Waals surface area contributed by atoms with Gasteiger partial charge < -0.3 is 4.79 Å². The van der Waals surface area contributed by atoms with E-state index < -0.39 is 0 Å². The summed E-state index contributed by atoms with van der Waals surface area (Å²) in [5, 5.41) is 1.08. The summed E-state index contributed by atoms with van der Waals surface area (Å²) in [4.78, 5) is 16.2. The zero-order valence-corrected chi connectivity index (χ0v) is 15.5. The number of carbonyl (C=O) groups excluding carboxylic acids is 1. The highest BCUT2D eigenvalue weighted by Gasteiger charge is 2.17. The topological polar surface area (TPSA) is 30.0 Å². The van der Waals surface area contributed by atoms with Crippen LogP contribution in [0.2, 0.25) is 0 Å². The first-order chi connectivity index (χ1) is 11.6. The van der Waals surface area contributed by atoms with Crippen LogP contribution in [-0.2, 0) is 17.6 Å². The summed E-state index contributed by atoms with van der Waals surface area (Å²) in [6, 6.07) is 16.4. The van der Waals surface area contributed by atoms with Gasteiger partial charge in [-0.05, 0) is 47.2 Å². The summed E-state index contributed by atoms with van der Waals surface area (Å²) in [6.07, 6.45) is 2.24. The van der Waals surface area contributed by atoms with E-state index in [2.05, 4.69) is 48.0 Å². The molecule has 0 saturated carbocycles. The van der Waals surface area contributed by atoms with E-state index in [1.807, 2.05) is 30.3 Å². The molecule has 1 heterocycles. The molecule has 24 heavy (non-hydrogen) atoms. The maximum Gasteiger partial charge on any atom is 0.124 e. The second-order valence-corrected chi connectivity index (χ2v) is 7.32. The highest BCUT2D eigenvalue weighted by atomic mass is 79.9. The average Bonchev–Trinajstić information content (AvgIpc) is 2.56. The molecule has 2 nitrogen and oxygen atoms in total. The minimum atomic E-state index is 0.391. The smallest absolute Gasteiger partial charge is 0.124 e. The maximum absolute atomic E-state index is 11.4. The molecule has 1 aromatic heterocycles. The summed E-state index contributed by atoms with van der Waals surface area (Å²) < 4.78 is 1.02. The first-order valence-electron chi connectivity index (χ1n) is 8.20. The van der Waals surface area contributed by atoms with E-state index in [1.165, 1.54) is 0 Å². The van der Waals surface area contributed by atoms with E-state index in [-0.39, 0.29) is 0 Å². The number of hydrogen-bond acceptors (Lipinski definition) is 2. The zero-order chi connectivity index (χ0) is 17.1. The standard InChI is InChI=1S/C21H20BrNO/c1-14(2)12-20-17(10-11-24)21(15-6-4-3-5-7-15)18-13-16(22)8-9-19(18)23-20/h3-9,11,13-14H,10,12H2,1-2H3. The molecular formula is C21H20BrNO. The van der Waals surface area contributed by atoms with Crippen LogP contribution in [0, 0.1) is 5.92 Å². The Kier molecular flexibility index (Phi) is 5.10. The van der Waals surface area contributed by atoms with Crippen LogP contribution in [0.3, 0.4) is 0 Å². The van der Waals surface area contributed by atoms with Gasteiger partial charge in [-0.25, -0.2) is 0 Å². The Hall–Kier alpha value is -2.00. The SMILES string of the molecule is CC(C)Cc1nc2ccc(Br)cc2c(-c2ccccc2)c1CC=O. The number of aldehydes is 1. The van der Waals surface area contributed by atoms with Crippen LogP contribution in [0.15, 0.2) is 53.0 Å². The Labute approximate surface area is 151 Å². The monoisotopic (exact) mass is 381 g/mol. The van der Waals surface area contributed by atoms with Crippen molar-refractivity contribution in [2.75, 3.05) is 0 Å². The van der Waals surface area contributed by atoms with Gasteiger partial charge in [-0.15, -0.1) is 0 Å². The van der Waals surface area contributed by atoms with E-state index in [4.69, 9.17) is 4.98 Å². The predicted octanol–water partition coefficient (Wildman–Crippen LogP) is 5.60. The van der Waals surface area contributed by atoms with Crippen molar-refractivity contribution in [2.24, 2.45) is 5.92 Å². The molecule has 0 fully saturated rings. The fourth-order valence-electron chi connectivity index (χ4n) is 3.12. The van der Waals surface area contributed by atoms with Crippen molar-refractivity contribution in [1.82, 2.24) is 4.98 Å². The van der Waals surface area contributed by atoms with Crippen LogP contribution in [-0.4, -0.2) is 11.3 Å². The van der Waals surface area contributed by atoms with Gasteiger partial charge in [-0.2, -0.15) is 0 Å². The lowest BCUT2D eigenvalue weighted by atomic mass is 9.90. The fourth-order valence-corrected chi connectivity index (χ4v) is 3.48. The lowest BCUT2D eigenvalue weighted by Crippen LogP contribution is -2.06. The molecule has 3 aromatic rings. The molecular weight excluding hydrogens is 362 g/mol. The average molecular weight is 382 g/mol. The second kappa shape index (κ2) is 7.27. The van der Waals surface area contributed by atoms with E-state index in [0.717, 1.165) is 50.5 Å². The molecule has 0 saturated heterocycles. The molecule has 0 N–H and O–H groups in total. The highest BCUT2D eigenvalue weighted by molar-refractivity contribution is 9.10. The van der Waals surface area contributed by atoms with Gasteiger partial charge >= 0.3 is 0 Å². The van der Waals surface area contributed by atoms with E-state index in [1.54, 1.807) is 0 Å². The molecule has 0 aliphatic heterocycles. The van der Waals surface area contributed by atoms with Gasteiger partial charge in [-0.3, -0.25) is 4.98 Å². The molecule has 0 unspecified atom stereocenters. The largest absolute Gasteiger partial charge is 0.303 e. The fraction of sp³-hybridized carbons (Fsp3) is 0.238. The molecule has 2 aromatic carbocycles. The summed E-state index contributed by atoms with van der Waals surface area (Å²) in [6.45, 7) is 4.36. The predicted molar refractivity (Wildman–Crippen MR) is 103 cm³/mol. The number of benzene rings is 2. The number of pyridine rings is 1. The first-order valence-corrected chi connectivity index (χ1v) is 8.99. The summed E-state index contributed by atoms with van der Waals surface area (Å²) in [5.41, 5.74) is 5.32. The summed E-state index contributed by atoms with van der Waals surface area (Å²) >= 11 is 3.56. The second-order valence-electron chi connectivity index (χ2n) is 6.41. The van der Waals surface area contributed by atoms with Gasteiger partial charge in [0.1, 0.15) is 6.29 Å². The third-order valence-corrected chi connectivity index (χ3v) is 4.58. The van der Waals surface area contributed by atoms with Gasteiger partial charge in [-0.1, -0.05) is 60.1 Å². The van der Waals surface area contributed by atoms with E-state index in [9.17, 15) is 4.79 Å². The molecule has 0 amide bonds. The minimum absolute atomic E-state index is 0.391. The van der Waals surface area contributed by atoms with Gasteiger partial charge in [0.05, 0.1) is 5.52 Å². The maximum atomic E-state index is 11.4. The van der Waals surface area contributed by atoms with Crippen molar-refractivity contribution in [3.8, 4) is 11.1 Å². The van der Waals surface area contributed by atoms with Crippen molar-refractivity contribution < 1.29 is 4.79 Å². The van der Waals surface area contributed by atoms with Crippen LogP contribution in [0.5, 0.6) is 0 Å². The molecule has 3 rings (SSSR count). The lowest BCUT2D eigenvalue weighted by Gasteiger charge is -2.17. The number of hydrogen-bond donors (Lipinski definition) is 0. The van der Waals surface area contributed by atoms with Crippen LogP contribution in [0.25, 0.3) is 22.0 Å². The van der Waals surface area contributed by atoms with Crippen molar-refractivity contribution in [2.45, 2.75) is 26.7 Å². The Morgan fingerprint density at radius 1 is 1.12 bits per heavy atom. The first kappa shape index (κ1) is 16.8. The van der Waals surface area contributed by atoms with E-state index >= 15 is 0 Å². The Bertz CT molecular complexity index is 872. The van der Waals surface area contributed by atoms with Crippen LogP contribution >= 0.6 is 15.9 Å². The third kappa shape index (κ3) is 3.41. The number of fused-ring (bicyclic) bond motifs is 1. The number of nitrogens with zero attached hydrogens (tertiary/aromatic N) is 1. The molecule has 0 radical (unpaired) electrons. The molecule has 3 heteroatoms. The van der Waals surface area contributed by atoms with Gasteiger partial charge in [0.2, 0.25) is 0 Å². The minimum Gasteiger partial charge on any atom is -0.303 e. The number of halogens is 1. The van der Waals surface area contributed by atoms with Crippen LogP contribution < -0.4 is 0 Å². The Balaban J connectivity index is 2.39. The Morgan fingerprint density at radius 2 is 1.88 bits per heavy atom. The van der Waals surface area contributed by atoms with Crippen LogP contribution in [0.4, 0.5) is 0 Å². The molecule has 0 atom stereocenters. The van der Waals surface area contributed by atoms with Crippen molar-refractivity contribution in [3.05, 3.63) is 64.3 Å².